The lowest BCUT2D eigenvalue weighted by molar-refractivity contribution is 0.285. The Bertz CT molecular complexity index is 2460. The van der Waals surface area contributed by atoms with Gasteiger partial charge in [-0.25, -0.2) is 0 Å². The van der Waals surface area contributed by atoms with Crippen molar-refractivity contribution in [1.29, 1.82) is 0 Å². The molecule has 0 atom stereocenters. The van der Waals surface area contributed by atoms with Crippen LogP contribution in [0.1, 0.15) is 5.56 Å². The maximum atomic E-state index is 10.0. The molecule has 0 saturated heterocycles. The van der Waals surface area contributed by atoms with E-state index in [2.05, 4.69) is 20.6 Å². The van der Waals surface area contributed by atoms with Crippen molar-refractivity contribution in [1.82, 2.24) is 9.97 Å². The minimum Gasteiger partial charge on any atom is -0.504 e. The van der Waals surface area contributed by atoms with Gasteiger partial charge < -0.3 is 48.9 Å². The average molecular weight is 739 g/mol. The van der Waals surface area contributed by atoms with Gasteiger partial charge in [0.05, 0.1) is 36.6 Å². The Morgan fingerprint density at radius 3 is 1.75 bits per heavy atom. The number of ether oxygens (including phenoxy) is 7. The van der Waals surface area contributed by atoms with Crippen LogP contribution < -0.4 is 43.8 Å². The zero-order chi connectivity index (χ0) is 37.6. The normalized spacial score (nSPS) is 12.6. The van der Waals surface area contributed by atoms with Crippen molar-refractivity contribution in [2.45, 2.75) is 6.61 Å². The van der Waals surface area contributed by atoms with Crippen molar-refractivity contribution < 1.29 is 38.3 Å². The van der Waals surface area contributed by atoms with Crippen LogP contribution in [0.15, 0.2) is 116 Å². The van der Waals surface area contributed by atoms with Crippen LogP contribution in [0.5, 0.6) is 57.5 Å². The Kier molecular flexibility index (Phi) is 10.1. The van der Waals surface area contributed by atoms with Crippen molar-refractivity contribution in [3.8, 4) is 57.5 Å². The summed E-state index contributed by atoms with van der Waals surface area (Å²) in [4.78, 5) is 8.77. The summed E-state index contributed by atoms with van der Waals surface area (Å²) >= 11 is 0. The van der Waals surface area contributed by atoms with Crippen molar-refractivity contribution in [2.75, 3.05) is 51.2 Å². The summed E-state index contributed by atoms with van der Waals surface area (Å²) < 4.78 is 40.3. The first-order chi connectivity index (χ1) is 27.0. The highest BCUT2D eigenvalue weighted by Gasteiger charge is 2.16. The molecule has 0 spiro atoms. The topological polar surface area (TPSA) is 135 Å². The molecule has 2 aromatic heterocycles. The molecule has 0 saturated carbocycles. The Hall–Kier alpha value is -7.08. The van der Waals surface area contributed by atoms with E-state index >= 15 is 0 Å². The molecule has 0 aliphatic carbocycles. The van der Waals surface area contributed by atoms with Gasteiger partial charge in [-0.2, -0.15) is 0 Å². The number of benzene rings is 5. The van der Waals surface area contributed by atoms with Crippen LogP contribution in [0, 0.1) is 0 Å². The number of hydrogen-bond acceptors (Lipinski definition) is 12. The first-order valence-electron chi connectivity index (χ1n) is 17.7. The fourth-order valence-electron chi connectivity index (χ4n) is 6.22. The Labute approximate surface area is 317 Å². The third-order valence-electron chi connectivity index (χ3n) is 8.94. The van der Waals surface area contributed by atoms with Crippen LogP contribution in [0.25, 0.3) is 21.8 Å². The van der Waals surface area contributed by atoms with E-state index < -0.39 is 0 Å². The maximum absolute atomic E-state index is 10.0. The number of nitrogens with zero attached hydrogens (tertiary/aromatic N) is 2. The van der Waals surface area contributed by atoms with Crippen molar-refractivity contribution in [3.05, 3.63) is 121 Å². The smallest absolute Gasteiger partial charge is 0.162 e. The largest absolute Gasteiger partial charge is 0.504 e. The Balaban J connectivity index is 0.000000160. The highest BCUT2D eigenvalue weighted by Crippen LogP contribution is 2.40. The third-order valence-corrected chi connectivity index (χ3v) is 8.94. The molecular weight excluding hydrogens is 700 g/mol. The second-order valence-corrected chi connectivity index (χ2v) is 12.5. The van der Waals surface area contributed by atoms with Gasteiger partial charge in [-0.15, -0.1) is 0 Å². The van der Waals surface area contributed by atoms with Gasteiger partial charge >= 0.3 is 0 Å². The van der Waals surface area contributed by atoms with E-state index in [0.717, 1.165) is 52.4 Å². The van der Waals surface area contributed by atoms with Crippen LogP contribution in [-0.4, -0.2) is 55.6 Å². The van der Waals surface area contributed by atoms with Crippen LogP contribution in [0.3, 0.4) is 0 Å². The summed E-state index contributed by atoms with van der Waals surface area (Å²) in [6.45, 7) is 3.30. The Morgan fingerprint density at radius 1 is 0.600 bits per heavy atom. The second-order valence-electron chi connectivity index (χ2n) is 12.5. The van der Waals surface area contributed by atoms with Crippen molar-refractivity contribution in [2.24, 2.45) is 0 Å². The number of phenolic OH excluding ortho intramolecular Hbond substituents is 1. The van der Waals surface area contributed by atoms with E-state index in [9.17, 15) is 5.11 Å². The van der Waals surface area contributed by atoms with Gasteiger partial charge in [-0.05, 0) is 54.1 Å². The predicted molar refractivity (Wildman–Crippen MR) is 210 cm³/mol. The van der Waals surface area contributed by atoms with Crippen LogP contribution in [0.4, 0.5) is 11.4 Å². The van der Waals surface area contributed by atoms with Gasteiger partial charge in [0, 0.05) is 60.5 Å². The molecule has 12 nitrogen and oxygen atoms in total. The first-order valence-corrected chi connectivity index (χ1v) is 17.7. The number of methoxy groups -OCH3 is 2. The third kappa shape index (κ3) is 7.84. The van der Waals surface area contributed by atoms with Crippen molar-refractivity contribution in [3.63, 3.8) is 0 Å². The van der Waals surface area contributed by atoms with Gasteiger partial charge in [-0.1, -0.05) is 30.3 Å². The summed E-state index contributed by atoms with van der Waals surface area (Å²) in [7, 11) is 3.13. The zero-order valence-electron chi connectivity index (χ0n) is 30.2. The van der Waals surface area contributed by atoms with E-state index in [0.29, 0.717) is 71.0 Å². The number of phenols is 1. The molecule has 2 aliphatic heterocycles. The number of aromatic nitrogens is 2. The molecule has 7 aromatic rings. The highest BCUT2D eigenvalue weighted by atomic mass is 16.5. The maximum Gasteiger partial charge on any atom is 0.162 e. The fraction of sp³-hybridized carbons (Fsp3) is 0.163. The highest BCUT2D eigenvalue weighted by molar-refractivity contribution is 5.89. The fourth-order valence-corrected chi connectivity index (χ4v) is 6.22. The van der Waals surface area contributed by atoms with E-state index in [4.69, 9.17) is 33.2 Å². The van der Waals surface area contributed by atoms with E-state index in [1.807, 2.05) is 84.9 Å². The van der Waals surface area contributed by atoms with Crippen LogP contribution in [0.2, 0.25) is 0 Å². The lowest BCUT2D eigenvalue weighted by atomic mass is 10.1. The Morgan fingerprint density at radius 2 is 1.16 bits per heavy atom. The molecule has 2 aliphatic rings. The second kappa shape index (κ2) is 15.9. The quantitative estimate of drug-likeness (QED) is 0.131. The van der Waals surface area contributed by atoms with Gasteiger partial charge in [-0.3, -0.25) is 9.97 Å². The standard InChI is InChI=1S/C25H22N2O4.C18H16N2O4/c1-28-24-15-21-19(14-25(24)30-16-17-5-3-2-4-6-17)22(9-10-26-21)31-18-7-8-20-23(13-18)29-12-11-27-20;1-22-18-10-14-12(9-15(18)21)16(4-5-19-14)24-11-2-3-13-17(8-11)23-7-6-20-13/h2-10,13-15,27H,11-12,16H2,1H3;2-5,8-10,20-21H,6-7H2,1H3. The zero-order valence-corrected chi connectivity index (χ0v) is 30.2. The molecule has 4 heterocycles. The molecule has 0 amide bonds. The molecule has 0 bridgehead atoms. The van der Waals surface area contributed by atoms with E-state index in [1.54, 1.807) is 37.7 Å². The molecule has 5 aromatic carbocycles. The minimum atomic E-state index is 0.0424. The molecule has 0 radical (unpaired) electrons. The summed E-state index contributed by atoms with van der Waals surface area (Å²) in [5.74, 6) is 5.86. The average Bonchev–Trinajstić information content (AvgIpc) is 3.23. The molecule has 9 rings (SSSR count). The number of nitrogens with one attached hydrogen (secondary N) is 2. The molecule has 0 unspecified atom stereocenters. The number of pyridine rings is 2. The lowest BCUT2D eigenvalue weighted by Crippen LogP contribution is -2.17. The molecule has 55 heavy (non-hydrogen) atoms. The van der Waals surface area contributed by atoms with E-state index in [1.165, 1.54) is 7.11 Å². The predicted octanol–water partition coefficient (Wildman–Crippen LogP) is 8.96. The number of aromatic hydroxyl groups is 1. The summed E-state index contributed by atoms with van der Waals surface area (Å²) in [5, 5.41) is 18.1. The summed E-state index contributed by atoms with van der Waals surface area (Å²) in [6, 6.07) is 32.1. The SMILES string of the molecule is COc1cc2nccc(Oc3ccc4c(c3)OCCN4)c2cc1O.COc1cc2nccc(Oc3ccc4c(c3)OCCN4)c2cc1OCc1ccccc1. The first kappa shape index (κ1) is 35.0. The molecule has 278 valence electrons. The number of rotatable bonds is 9. The van der Waals surface area contributed by atoms with E-state index in [-0.39, 0.29) is 5.75 Å². The van der Waals surface area contributed by atoms with Gasteiger partial charge in [0.2, 0.25) is 0 Å². The van der Waals surface area contributed by atoms with Crippen LogP contribution in [-0.2, 0) is 6.61 Å². The number of fused-ring (bicyclic) bond motifs is 4. The number of anilines is 2. The van der Waals surface area contributed by atoms with Crippen molar-refractivity contribution >= 4 is 33.2 Å². The van der Waals surface area contributed by atoms with Crippen LogP contribution >= 0.6 is 0 Å². The van der Waals surface area contributed by atoms with Gasteiger partial charge in [0.25, 0.3) is 0 Å². The van der Waals surface area contributed by atoms with Gasteiger partial charge in [0.15, 0.2) is 23.0 Å². The molecule has 3 N–H and O–H groups in total. The monoisotopic (exact) mass is 738 g/mol. The van der Waals surface area contributed by atoms with Gasteiger partial charge in [0.1, 0.15) is 54.3 Å². The summed E-state index contributed by atoms with van der Waals surface area (Å²) in [6.07, 6.45) is 3.38. The number of hydrogen-bond donors (Lipinski definition) is 3. The lowest BCUT2D eigenvalue weighted by Gasteiger charge is -2.20. The molecular formula is C43H38N4O8. The summed E-state index contributed by atoms with van der Waals surface area (Å²) in [5.41, 5.74) is 4.44. The molecule has 12 heteroatoms. The molecule has 0 fully saturated rings. The minimum absolute atomic E-state index is 0.0424.